The highest BCUT2D eigenvalue weighted by atomic mass is 19.4. The zero-order valence-corrected chi connectivity index (χ0v) is 12.1. The number of alkyl halides is 3. The number of para-hydroxylation sites is 2. The lowest BCUT2D eigenvalue weighted by Crippen LogP contribution is -2.20. The van der Waals surface area contributed by atoms with Crippen molar-refractivity contribution in [3.63, 3.8) is 0 Å². The number of halogens is 3. The number of amides is 2. The Kier molecular flexibility index (Phi) is 4.63. The van der Waals surface area contributed by atoms with Gasteiger partial charge in [-0.15, -0.1) is 0 Å². The van der Waals surface area contributed by atoms with Crippen LogP contribution < -0.4 is 21.1 Å². The number of nitrogen functional groups attached to an aromatic ring is 1. The Bertz CT molecular complexity index is 717. The maximum atomic E-state index is 12.8. The third-order valence-electron chi connectivity index (χ3n) is 2.97. The highest BCUT2D eigenvalue weighted by Gasteiger charge is 2.33. The van der Waals surface area contributed by atoms with Crippen molar-refractivity contribution in [1.82, 2.24) is 0 Å². The van der Waals surface area contributed by atoms with Gasteiger partial charge in [0.1, 0.15) is 5.75 Å². The molecule has 122 valence electrons. The van der Waals surface area contributed by atoms with Gasteiger partial charge in [0, 0.05) is 11.4 Å². The molecule has 0 radical (unpaired) electrons. The minimum atomic E-state index is -4.60. The van der Waals surface area contributed by atoms with E-state index < -0.39 is 23.5 Å². The van der Waals surface area contributed by atoms with E-state index in [0.29, 0.717) is 11.4 Å². The quantitative estimate of drug-likeness (QED) is 0.748. The van der Waals surface area contributed by atoms with Gasteiger partial charge in [-0.2, -0.15) is 13.2 Å². The van der Waals surface area contributed by atoms with E-state index in [1.165, 1.54) is 13.2 Å². The third-order valence-corrected chi connectivity index (χ3v) is 2.97. The summed E-state index contributed by atoms with van der Waals surface area (Å²) in [5.41, 5.74) is 4.25. The van der Waals surface area contributed by atoms with Crippen molar-refractivity contribution in [2.75, 3.05) is 23.5 Å². The average Bonchev–Trinajstić information content (AvgIpc) is 2.48. The molecule has 2 rings (SSSR count). The number of nitrogens with one attached hydrogen (secondary N) is 2. The number of carbonyl (C=O) groups is 1. The number of nitrogens with two attached hydrogens (primary N) is 1. The average molecular weight is 325 g/mol. The molecule has 0 unspecified atom stereocenters. The van der Waals surface area contributed by atoms with Crippen LogP contribution in [0.3, 0.4) is 0 Å². The molecular formula is C15H14F3N3O2. The van der Waals surface area contributed by atoms with Crippen LogP contribution in [0.25, 0.3) is 0 Å². The summed E-state index contributed by atoms with van der Waals surface area (Å²) in [7, 11) is 1.44. The summed E-state index contributed by atoms with van der Waals surface area (Å²) < 4.78 is 43.4. The first-order valence-electron chi connectivity index (χ1n) is 6.49. The summed E-state index contributed by atoms with van der Waals surface area (Å²) in [6.07, 6.45) is -4.60. The summed E-state index contributed by atoms with van der Waals surface area (Å²) >= 11 is 0. The maximum absolute atomic E-state index is 12.8. The molecule has 4 N–H and O–H groups in total. The minimum Gasteiger partial charge on any atom is -0.495 e. The van der Waals surface area contributed by atoms with Crippen LogP contribution in [0.5, 0.6) is 5.75 Å². The number of rotatable bonds is 3. The molecule has 0 aliphatic heterocycles. The first-order valence-corrected chi connectivity index (χ1v) is 6.49. The predicted molar refractivity (Wildman–Crippen MR) is 81.5 cm³/mol. The van der Waals surface area contributed by atoms with Crippen LogP contribution in [0.15, 0.2) is 42.5 Å². The van der Waals surface area contributed by atoms with E-state index in [-0.39, 0.29) is 5.69 Å². The van der Waals surface area contributed by atoms with Crippen molar-refractivity contribution in [3.05, 3.63) is 48.0 Å². The first kappa shape index (κ1) is 16.5. The fourth-order valence-corrected chi connectivity index (χ4v) is 1.91. The Morgan fingerprint density at radius 2 is 1.83 bits per heavy atom. The molecule has 0 aromatic heterocycles. The van der Waals surface area contributed by atoms with Gasteiger partial charge in [-0.1, -0.05) is 12.1 Å². The van der Waals surface area contributed by atoms with Crippen LogP contribution in [-0.2, 0) is 6.18 Å². The molecule has 2 aromatic rings. The molecule has 0 saturated heterocycles. The summed E-state index contributed by atoms with van der Waals surface area (Å²) in [4.78, 5) is 11.9. The predicted octanol–water partition coefficient (Wildman–Crippen LogP) is 3.94. The van der Waals surface area contributed by atoms with Gasteiger partial charge >= 0.3 is 12.2 Å². The van der Waals surface area contributed by atoms with Crippen molar-refractivity contribution >= 4 is 23.1 Å². The smallest absolute Gasteiger partial charge is 0.418 e. The molecule has 0 heterocycles. The number of urea groups is 1. The number of carbonyl (C=O) groups excluding carboxylic acids is 1. The lowest BCUT2D eigenvalue weighted by molar-refractivity contribution is -0.136. The lowest BCUT2D eigenvalue weighted by Gasteiger charge is -2.14. The second kappa shape index (κ2) is 6.47. The lowest BCUT2D eigenvalue weighted by atomic mass is 10.1. The van der Waals surface area contributed by atoms with Gasteiger partial charge in [0.25, 0.3) is 0 Å². The van der Waals surface area contributed by atoms with Gasteiger partial charge in [-0.25, -0.2) is 4.79 Å². The van der Waals surface area contributed by atoms with E-state index in [2.05, 4.69) is 10.6 Å². The topological polar surface area (TPSA) is 76.4 Å². The van der Waals surface area contributed by atoms with E-state index >= 15 is 0 Å². The number of anilines is 3. The molecule has 23 heavy (non-hydrogen) atoms. The van der Waals surface area contributed by atoms with Crippen LogP contribution >= 0.6 is 0 Å². The zero-order chi connectivity index (χ0) is 17.0. The molecule has 0 aliphatic rings. The molecule has 0 atom stereocenters. The SMILES string of the molecule is COc1ccccc1NC(=O)Nc1ccc(N)c(C(F)(F)F)c1. The Balaban J connectivity index is 2.15. The second-order valence-electron chi connectivity index (χ2n) is 4.58. The summed E-state index contributed by atoms with van der Waals surface area (Å²) in [6.45, 7) is 0. The molecule has 8 heteroatoms. The Hall–Kier alpha value is -2.90. The van der Waals surface area contributed by atoms with E-state index in [1.807, 2.05) is 0 Å². The number of hydrogen-bond acceptors (Lipinski definition) is 3. The van der Waals surface area contributed by atoms with Gasteiger partial charge in [-0.05, 0) is 30.3 Å². The number of benzene rings is 2. The van der Waals surface area contributed by atoms with Crippen molar-refractivity contribution in [1.29, 1.82) is 0 Å². The van der Waals surface area contributed by atoms with Gasteiger partial charge in [0.05, 0.1) is 18.4 Å². The van der Waals surface area contributed by atoms with Crippen molar-refractivity contribution in [2.24, 2.45) is 0 Å². The van der Waals surface area contributed by atoms with Crippen molar-refractivity contribution in [3.8, 4) is 5.75 Å². The number of ether oxygens (including phenoxy) is 1. The molecular weight excluding hydrogens is 311 g/mol. The number of hydrogen-bond donors (Lipinski definition) is 3. The third kappa shape index (κ3) is 4.06. The van der Waals surface area contributed by atoms with Crippen molar-refractivity contribution < 1.29 is 22.7 Å². The van der Waals surface area contributed by atoms with E-state index in [4.69, 9.17) is 10.5 Å². The molecule has 2 amide bonds. The standard InChI is InChI=1S/C15H14F3N3O2/c1-23-13-5-3-2-4-12(13)21-14(22)20-9-6-7-11(19)10(8-9)15(16,17)18/h2-8H,19H2,1H3,(H2,20,21,22). The minimum absolute atomic E-state index is 0.0288. The molecule has 0 saturated carbocycles. The normalized spacial score (nSPS) is 11.0. The van der Waals surface area contributed by atoms with Gasteiger partial charge in [0.15, 0.2) is 0 Å². The molecule has 0 fully saturated rings. The number of methoxy groups -OCH3 is 1. The molecule has 0 aliphatic carbocycles. The van der Waals surface area contributed by atoms with Crippen molar-refractivity contribution in [2.45, 2.75) is 6.18 Å². The monoisotopic (exact) mass is 325 g/mol. The van der Waals surface area contributed by atoms with Gasteiger partial charge in [0.2, 0.25) is 0 Å². The van der Waals surface area contributed by atoms with E-state index in [1.54, 1.807) is 24.3 Å². The van der Waals surface area contributed by atoms with Crippen LogP contribution in [-0.4, -0.2) is 13.1 Å². The van der Waals surface area contributed by atoms with Crippen LogP contribution in [0.1, 0.15) is 5.56 Å². The molecule has 0 bridgehead atoms. The van der Waals surface area contributed by atoms with Gasteiger partial charge in [-0.3, -0.25) is 0 Å². The van der Waals surface area contributed by atoms with Crippen LogP contribution in [0, 0.1) is 0 Å². The van der Waals surface area contributed by atoms with Crippen LogP contribution in [0.4, 0.5) is 35.0 Å². The Morgan fingerprint density at radius 3 is 2.48 bits per heavy atom. The highest BCUT2D eigenvalue weighted by molar-refractivity contribution is 6.00. The molecule has 2 aromatic carbocycles. The molecule has 0 spiro atoms. The van der Waals surface area contributed by atoms with E-state index in [9.17, 15) is 18.0 Å². The first-order chi connectivity index (χ1) is 10.8. The molecule has 5 nitrogen and oxygen atoms in total. The largest absolute Gasteiger partial charge is 0.495 e. The summed E-state index contributed by atoms with van der Waals surface area (Å²) in [5, 5.41) is 4.82. The Labute approximate surface area is 130 Å². The maximum Gasteiger partial charge on any atom is 0.418 e. The highest BCUT2D eigenvalue weighted by Crippen LogP contribution is 2.35. The summed E-state index contributed by atoms with van der Waals surface area (Å²) in [5.74, 6) is 0.427. The zero-order valence-electron chi connectivity index (χ0n) is 12.1. The van der Waals surface area contributed by atoms with Gasteiger partial charge < -0.3 is 21.1 Å². The van der Waals surface area contributed by atoms with Crippen LogP contribution in [0.2, 0.25) is 0 Å². The Morgan fingerprint density at radius 1 is 1.13 bits per heavy atom. The fraction of sp³-hybridized carbons (Fsp3) is 0.133. The fourth-order valence-electron chi connectivity index (χ4n) is 1.91. The summed E-state index contributed by atoms with van der Waals surface area (Å²) in [6, 6.07) is 9.09. The van der Waals surface area contributed by atoms with E-state index in [0.717, 1.165) is 12.1 Å². The second-order valence-corrected chi connectivity index (χ2v) is 4.58.